The first-order valence-corrected chi connectivity index (χ1v) is 23.1. The van der Waals surface area contributed by atoms with E-state index in [1.165, 1.54) is 89.9 Å². The monoisotopic (exact) mass is 779 g/mol. The van der Waals surface area contributed by atoms with Gasteiger partial charge in [-0.1, -0.05) is 145 Å². The zero-order valence-electron chi connectivity index (χ0n) is 35.4. The second-order valence-electron chi connectivity index (χ2n) is 15.7. The van der Waals surface area contributed by atoms with Crippen molar-refractivity contribution >= 4 is 13.7 Å². The summed E-state index contributed by atoms with van der Waals surface area (Å²) in [5.41, 5.74) is 0. The maximum absolute atomic E-state index is 12.8. The molecule has 0 aliphatic heterocycles. The van der Waals surface area contributed by atoms with Crippen LogP contribution in [0.1, 0.15) is 168 Å². The second kappa shape index (κ2) is 36.8. The van der Waals surface area contributed by atoms with E-state index < -0.39 is 26.6 Å². The minimum Gasteiger partial charge on any atom is -0.756 e. The Balaban J connectivity index is 4.47. The number of carbonyl (C=O) groups is 1. The van der Waals surface area contributed by atoms with Crippen LogP contribution in [-0.4, -0.2) is 68.5 Å². The number of phosphoric acid groups is 1. The fourth-order valence-electron chi connectivity index (χ4n) is 5.68. The van der Waals surface area contributed by atoms with Gasteiger partial charge in [-0.3, -0.25) is 9.36 Å². The number of unbranched alkanes of at least 4 members (excludes halogenated alkanes) is 17. The van der Waals surface area contributed by atoms with Gasteiger partial charge in [-0.15, -0.1) is 0 Å². The molecule has 0 rings (SSSR count). The number of amides is 1. The SMILES string of the molecule is CCCCC/C=C\C/C=C\CCCCCCCCCCCC(=O)NC(COP(=O)([O-])OCC[N+](C)(C)C)C(O)/C=C/CC/C=C/CC/C=C/CCCCC. The van der Waals surface area contributed by atoms with E-state index in [-0.39, 0.29) is 12.5 Å². The second-order valence-corrected chi connectivity index (χ2v) is 17.1. The maximum Gasteiger partial charge on any atom is 0.268 e. The Morgan fingerprint density at radius 1 is 0.648 bits per heavy atom. The molecule has 0 aliphatic carbocycles. The molecular weight excluding hydrogens is 695 g/mol. The summed E-state index contributed by atoms with van der Waals surface area (Å²) in [5.74, 6) is -0.220. The van der Waals surface area contributed by atoms with Gasteiger partial charge in [-0.25, -0.2) is 0 Å². The molecule has 0 fully saturated rings. The topological polar surface area (TPSA) is 108 Å². The summed E-state index contributed by atoms with van der Waals surface area (Å²) in [5, 5.41) is 13.7. The van der Waals surface area contributed by atoms with Crippen molar-refractivity contribution < 1.29 is 32.9 Å². The third-order valence-electron chi connectivity index (χ3n) is 9.18. The standard InChI is InChI=1S/C45H83N2O6P/c1-6-8-10-12-14-16-18-20-21-22-23-24-25-27-29-31-33-35-37-39-45(49)46-43(42-53-54(50,51)52-41-40-47(3,4)5)44(48)38-36-34-32-30-28-26-19-17-15-13-11-9-7-2/h14-17,20-21,28,30,36,38,43-44,48H,6-13,18-19,22-27,29,31-35,37,39-42H2,1-5H3,(H-,46,49,50,51)/b16-14-,17-15+,21-20-,30-28+,38-36+. The lowest BCUT2D eigenvalue weighted by atomic mass is 10.1. The molecule has 0 aromatic carbocycles. The van der Waals surface area contributed by atoms with Crippen LogP contribution in [0.5, 0.6) is 0 Å². The molecule has 0 spiro atoms. The minimum absolute atomic E-state index is 0.0122. The van der Waals surface area contributed by atoms with E-state index in [2.05, 4.69) is 67.8 Å². The summed E-state index contributed by atoms with van der Waals surface area (Å²) in [6.07, 6.45) is 46.9. The Labute approximate surface area is 332 Å². The van der Waals surface area contributed by atoms with Gasteiger partial charge in [0.2, 0.25) is 5.91 Å². The van der Waals surface area contributed by atoms with Crippen molar-refractivity contribution in [3.8, 4) is 0 Å². The zero-order chi connectivity index (χ0) is 40.0. The summed E-state index contributed by atoms with van der Waals surface area (Å²) in [6, 6.07) is -0.912. The average Bonchev–Trinajstić information content (AvgIpc) is 3.12. The molecule has 2 N–H and O–H groups in total. The van der Waals surface area contributed by atoms with E-state index in [1.807, 2.05) is 27.2 Å². The predicted molar refractivity (Wildman–Crippen MR) is 228 cm³/mol. The lowest BCUT2D eigenvalue weighted by Gasteiger charge is -2.29. The van der Waals surface area contributed by atoms with Crippen molar-refractivity contribution in [2.24, 2.45) is 0 Å². The van der Waals surface area contributed by atoms with E-state index in [0.29, 0.717) is 17.4 Å². The van der Waals surface area contributed by atoms with E-state index in [1.54, 1.807) is 6.08 Å². The molecule has 8 nitrogen and oxygen atoms in total. The fourth-order valence-corrected chi connectivity index (χ4v) is 6.41. The summed E-state index contributed by atoms with van der Waals surface area (Å²) in [7, 11) is 1.22. The van der Waals surface area contributed by atoms with Crippen LogP contribution < -0.4 is 10.2 Å². The van der Waals surface area contributed by atoms with Gasteiger partial charge in [0.1, 0.15) is 13.2 Å². The van der Waals surface area contributed by atoms with Crippen molar-refractivity contribution in [3.63, 3.8) is 0 Å². The normalized spacial score (nSPS) is 15.0. The van der Waals surface area contributed by atoms with Gasteiger partial charge in [-0.05, 0) is 77.0 Å². The van der Waals surface area contributed by atoms with Crippen LogP contribution in [0, 0.1) is 0 Å². The highest BCUT2D eigenvalue weighted by Crippen LogP contribution is 2.38. The molecule has 3 atom stereocenters. The number of likely N-dealkylation sites (N-methyl/N-ethyl adjacent to an activating group) is 1. The van der Waals surface area contributed by atoms with Crippen molar-refractivity contribution in [1.29, 1.82) is 0 Å². The first kappa shape index (κ1) is 52.2. The van der Waals surface area contributed by atoms with Gasteiger partial charge in [0, 0.05) is 6.42 Å². The van der Waals surface area contributed by atoms with Gasteiger partial charge in [-0.2, -0.15) is 0 Å². The van der Waals surface area contributed by atoms with Gasteiger partial charge < -0.3 is 28.8 Å². The smallest absolute Gasteiger partial charge is 0.268 e. The van der Waals surface area contributed by atoms with Crippen LogP contribution in [0.25, 0.3) is 0 Å². The van der Waals surface area contributed by atoms with E-state index >= 15 is 0 Å². The van der Waals surface area contributed by atoms with Crippen molar-refractivity contribution in [2.45, 2.75) is 180 Å². The number of quaternary nitrogens is 1. The number of allylic oxidation sites excluding steroid dienone is 9. The highest BCUT2D eigenvalue weighted by Gasteiger charge is 2.23. The van der Waals surface area contributed by atoms with Gasteiger partial charge in [0.15, 0.2) is 0 Å². The quantitative estimate of drug-likeness (QED) is 0.0280. The third kappa shape index (κ3) is 38.5. The molecule has 0 bridgehead atoms. The first-order chi connectivity index (χ1) is 26.0. The maximum atomic E-state index is 12.8. The number of nitrogens with one attached hydrogen (secondary N) is 1. The molecule has 0 radical (unpaired) electrons. The van der Waals surface area contributed by atoms with E-state index in [9.17, 15) is 19.4 Å². The van der Waals surface area contributed by atoms with Gasteiger partial charge in [0.05, 0.1) is 39.9 Å². The Morgan fingerprint density at radius 3 is 1.61 bits per heavy atom. The summed E-state index contributed by atoms with van der Waals surface area (Å²) in [6.45, 7) is 4.53. The molecule has 0 aromatic heterocycles. The molecule has 9 heteroatoms. The Kier molecular flexibility index (Phi) is 35.6. The molecule has 0 saturated heterocycles. The lowest BCUT2D eigenvalue weighted by Crippen LogP contribution is -2.45. The number of nitrogens with zero attached hydrogens (tertiary/aromatic N) is 1. The fraction of sp³-hybridized carbons (Fsp3) is 0.756. The van der Waals surface area contributed by atoms with Gasteiger partial charge in [0.25, 0.3) is 7.82 Å². The largest absolute Gasteiger partial charge is 0.756 e. The Morgan fingerprint density at radius 2 is 1.09 bits per heavy atom. The number of phosphoric ester groups is 1. The predicted octanol–water partition coefficient (Wildman–Crippen LogP) is 11.2. The number of aliphatic hydroxyl groups excluding tert-OH is 1. The molecule has 0 heterocycles. The summed E-state index contributed by atoms with van der Waals surface area (Å²) in [4.78, 5) is 25.3. The Hall–Kier alpha value is -1.80. The number of hydrogen-bond donors (Lipinski definition) is 2. The highest BCUT2D eigenvalue weighted by molar-refractivity contribution is 7.45. The van der Waals surface area contributed by atoms with Crippen molar-refractivity contribution in [3.05, 3.63) is 60.8 Å². The van der Waals surface area contributed by atoms with E-state index in [0.717, 1.165) is 57.8 Å². The summed E-state index contributed by atoms with van der Waals surface area (Å²) < 4.78 is 23.1. The van der Waals surface area contributed by atoms with Gasteiger partial charge >= 0.3 is 0 Å². The van der Waals surface area contributed by atoms with Crippen molar-refractivity contribution in [2.75, 3.05) is 40.9 Å². The number of hydrogen-bond acceptors (Lipinski definition) is 6. The van der Waals surface area contributed by atoms with Crippen LogP contribution in [0.15, 0.2) is 60.8 Å². The molecule has 0 saturated carbocycles. The molecule has 0 aliphatic rings. The molecule has 3 unspecified atom stereocenters. The lowest BCUT2D eigenvalue weighted by molar-refractivity contribution is -0.870. The Bertz CT molecular complexity index is 1060. The van der Waals surface area contributed by atoms with Crippen LogP contribution >= 0.6 is 7.82 Å². The average molecular weight is 779 g/mol. The molecule has 314 valence electrons. The zero-order valence-corrected chi connectivity index (χ0v) is 36.3. The number of aliphatic hydroxyl groups is 1. The third-order valence-corrected chi connectivity index (χ3v) is 10.1. The number of rotatable bonds is 38. The molecule has 1 amide bonds. The van der Waals surface area contributed by atoms with Crippen LogP contribution in [0.3, 0.4) is 0 Å². The van der Waals surface area contributed by atoms with Crippen LogP contribution in [-0.2, 0) is 18.4 Å². The number of carbonyl (C=O) groups excluding carboxylic acids is 1. The van der Waals surface area contributed by atoms with Crippen LogP contribution in [0.4, 0.5) is 0 Å². The highest BCUT2D eigenvalue weighted by atomic mass is 31.2. The van der Waals surface area contributed by atoms with E-state index in [4.69, 9.17) is 9.05 Å². The van der Waals surface area contributed by atoms with Crippen molar-refractivity contribution in [1.82, 2.24) is 5.32 Å². The molecule has 0 aromatic rings. The minimum atomic E-state index is -4.60. The molecular formula is C45H83N2O6P. The summed E-state index contributed by atoms with van der Waals surface area (Å²) >= 11 is 0. The van der Waals surface area contributed by atoms with Crippen LogP contribution in [0.2, 0.25) is 0 Å². The molecule has 54 heavy (non-hydrogen) atoms. The first-order valence-electron chi connectivity index (χ1n) is 21.7.